The van der Waals surface area contributed by atoms with Crippen molar-refractivity contribution in [2.24, 2.45) is 0 Å². The monoisotopic (exact) mass is 228 g/mol. The van der Waals surface area contributed by atoms with Crippen LogP contribution in [0.4, 0.5) is 0 Å². The Kier molecular flexibility index (Phi) is 7.85. The molecule has 0 unspecified atom stereocenters. The van der Waals surface area contributed by atoms with Crippen LogP contribution in [0.5, 0.6) is 0 Å². The van der Waals surface area contributed by atoms with Crippen LogP contribution in [0.1, 0.15) is 0 Å². The molecule has 0 aliphatic rings. The summed E-state index contributed by atoms with van der Waals surface area (Å²) >= 11 is 0. The molecule has 0 fully saturated rings. The molecule has 0 heterocycles. The van der Waals surface area contributed by atoms with Gasteiger partial charge in [-0.15, -0.1) is 6.42 Å². The zero-order valence-corrected chi connectivity index (χ0v) is 9.23. The highest BCUT2D eigenvalue weighted by Gasteiger charge is 2.13. The molecule has 0 saturated carbocycles. The van der Waals surface area contributed by atoms with E-state index in [0.29, 0.717) is 13.2 Å². The molecule has 0 aromatic heterocycles. The highest BCUT2D eigenvalue weighted by molar-refractivity contribution is 5.79. The van der Waals surface area contributed by atoms with Gasteiger partial charge in [0.1, 0.15) is 0 Å². The van der Waals surface area contributed by atoms with Crippen molar-refractivity contribution in [3.63, 3.8) is 0 Å². The lowest BCUT2D eigenvalue weighted by atomic mass is 10.4. The molecule has 0 aliphatic heterocycles. The van der Waals surface area contributed by atoms with Crippen molar-refractivity contribution in [2.45, 2.75) is 0 Å². The van der Waals surface area contributed by atoms with E-state index >= 15 is 0 Å². The first-order chi connectivity index (χ1) is 7.60. The Hall–Kier alpha value is -1.58. The van der Waals surface area contributed by atoms with Crippen LogP contribution in [-0.4, -0.2) is 61.8 Å². The van der Waals surface area contributed by atoms with Gasteiger partial charge in [0.15, 0.2) is 0 Å². The number of amides is 1. The maximum absolute atomic E-state index is 11.3. The summed E-state index contributed by atoms with van der Waals surface area (Å²) in [7, 11) is 1.51. The minimum Gasteiger partial charge on any atom is -0.480 e. The van der Waals surface area contributed by atoms with Crippen LogP contribution in [0.15, 0.2) is 0 Å². The molecule has 0 saturated heterocycles. The lowest BCUT2D eigenvalue weighted by Gasteiger charge is -2.18. The summed E-state index contributed by atoms with van der Waals surface area (Å²) in [5, 5.41) is 11.1. The standard InChI is InChI=1S/C10H16N2O4/c1-3-4-11-9(13)7-12(5-6-16-2)8-10(14)15/h1H,4-8H2,2H3,(H,11,13)(H,14,15). The SMILES string of the molecule is C#CCNC(=O)CN(CCOC)CC(=O)O. The Morgan fingerprint density at radius 2 is 2.19 bits per heavy atom. The van der Waals surface area contributed by atoms with Crippen molar-refractivity contribution in [1.29, 1.82) is 0 Å². The smallest absolute Gasteiger partial charge is 0.317 e. The minimum absolute atomic E-state index is 0.00264. The number of rotatable bonds is 8. The van der Waals surface area contributed by atoms with Gasteiger partial charge in [-0.05, 0) is 0 Å². The van der Waals surface area contributed by atoms with E-state index in [1.807, 2.05) is 0 Å². The van der Waals surface area contributed by atoms with Crippen LogP contribution in [0.2, 0.25) is 0 Å². The number of carboxylic acid groups (broad SMARTS) is 1. The second-order valence-corrected chi connectivity index (χ2v) is 3.08. The molecule has 6 nitrogen and oxygen atoms in total. The van der Waals surface area contributed by atoms with E-state index in [0.717, 1.165) is 0 Å². The Balaban J connectivity index is 4.03. The number of nitrogens with zero attached hydrogens (tertiary/aromatic N) is 1. The molecule has 0 aliphatic carbocycles. The number of terminal acetylenes is 1. The van der Waals surface area contributed by atoms with E-state index in [1.54, 1.807) is 0 Å². The molecule has 0 aromatic rings. The number of nitrogens with one attached hydrogen (secondary N) is 1. The average Bonchev–Trinajstić information content (AvgIpc) is 2.22. The number of carboxylic acids is 1. The third-order valence-electron chi connectivity index (χ3n) is 1.73. The van der Waals surface area contributed by atoms with Gasteiger partial charge in [-0.25, -0.2) is 0 Å². The summed E-state index contributed by atoms with van der Waals surface area (Å²) in [6, 6.07) is 0. The van der Waals surface area contributed by atoms with E-state index in [1.165, 1.54) is 12.0 Å². The molecular formula is C10H16N2O4. The fourth-order valence-electron chi connectivity index (χ4n) is 1.03. The van der Waals surface area contributed by atoms with Gasteiger partial charge in [0, 0.05) is 13.7 Å². The third-order valence-corrected chi connectivity index (χ3v) is 1.73. The molecular weight excluding hydrogens is 212 g/mol. The second kappa shape index (κ2) is 8.71. The number of carbonyl (C=O) groups is 2. The van der Waals surface area contributed by atoms with Crippen molar-refractivity contribution in [3.8, 4) is 12.3 Å². The predicted molar refractivity (Wildman–Crippen MR) is 57.8 cm³/mol. The molecule has 90 valence electrons. The maximum atomic E-state index is 11.3. The van der Waals surface area contributed by atoms with E-state index < -0.39 is 5.97 Å². The van der Waals surface area contributed by atoms with Crippen LogP contribution >= 0.6 is 0 Å². The first-order valence-electron chi connectivity index (χ1n) is 4.73. The number of methoxy groups -OCH3 is 1. The summed E-state index contributed by atoms with van der Waals surface area (Å²) in [6.45, 7) is 0.691. The first-order valence-corrected chi connectivity index (χ1v) is 4.73. The quantitative estimate of drug-likeness (QED) is 0.508. The Morgan fingerprint density at radius 3 is 2.69 bits per heavy atom. The predicted octanol–water partition coefficient (Wildman–Crippen LogP) is -1.23. The number of hydrogen-bond donors (Lipinski definition) is 2. The van der Waals surface area contributed by atoms with Gasteiger partial charge in [0.2, 0.25) is 5.91 Å². The van der Waals surface area contributed by atoms with Crippen LogP contribution in [0.3, 0.4) is 0 Å². The van der Waals surface area contributed by atoms with Gasteiger partial charge in [0.05, 0.1) is 26.2 Å². The van der Waals surface area contributed by atoms with Crippen LogP contribution in [0.25, 0.3) is 0 Å². The molecule has 0 aromatic carbocycles. The first kappa shape index (κ1) is 14.4. The van der Waals surface area contributed by atoms with Gasteiger partial charge >= 0.3 is 5.97 Å². The average molecular weight is 228 g/mol. The van der Waals surface area contributed by atoms with Gasteiger partial charge in [-0.2, -0.15) is 0 Å². The molecule has 0 bridgehead atoms. The molecule has 1 amide bonds. The fourth-order valence-corrected chi connectivity index (χ4v) is 1.03. The number of carbonyl (C=O) groups excluding carboxylic acids is 1. The Labute approximate surface area is 94.6 Å². The third kappa shape index (κ3) is 7.79. The van der Waals surface area contributed by atoms with E-state index in [9.17, 15) is 9.59 Å². The molecule has 2 N–H and O–H groups in total. The van der Waals surface area contributed by atoms with E-state index in [4.69, 9.17) is 16.3 Å². The summed E-state index contributed by atoms with van der Waals surface area (Å²) in [6.07, 6.45) is 4.98. The Morgan fingerprint density at radius 1 is 1.50 bits per heavy atom. The summed E-state index contributed by atoms with van der Waals surface area (Å²) in [5.74, 6) is 0.983. The zero-order chi connectivity index (χ0) is 12.4. The summed E-state index contributed by atoms with van der Waals surface area (Å²) < 4.78 is 4.82. The molecule has 0 atom stereocenters. The van der Waals surface area contributed by atoms with Crippen molar-refractivity contribution in [3.05, 3.63) is 0 Å². The van der Waals surface area contributed by atoms with Crippen molar-refractivity contribution >= 4 is 11.9 Å². The minimum atomic E-state index is -0.985. The second-order valence-electron chi connectivity index (χ2n) is 3.08. The van der Waals surface area contributed by atoms with Crippen LogP contribution in [-0.2, 0) is 14.3 Å². The maximum Gasteiger partial charge on any atom is 0.317 e. The van der Waals surface area contributed by atoms with Crippen molar-refractivity contribution < 1.29 is 19.4 Å². The largest absolute Gasteiger partial charge is 0.480 e. The summed E-state index contributed by atoms with van der Waals surface area (Å²) in [5.41, 5.74) is 0. The van der Waals surface area contributed by atoms with E-state index in [-0.39, 0.29) is 25.5 Å². The highest BCUT2D eigenvalue weighted by Crippen LogP contribution is 1.88. The van der Waals surface area contributed by atoms with Crippen molar-refractivity contribution in [1.82, 2.24) is 10.2 Å². The zero-order valence-electron chi connectivity index (χ0n) is 9.23. The van der Waals surface area contributed by atoms with Gasteiger partial charge in [-0.1, -0.05) is 5.92 Å². The molecule has 0 rings (SSSR count). The van der Waals surface area contributed by atoms with Crippen LogP contribution in [0, 0.1) is 12.3 Å². The number of hydrogen-bond acceptors (Lipinski definition) is 4. The van der Waals surface area contributed by atoms with Gasteiger partial charge in [-0.3, -0.25) is 14.5 Å². The highest BCUT2D eigenvalue weighted by atomic mass is 16.5. The molecule has 6 heteroatoms. The lowest BCUT2D eigenvalue weighted by molar-refractivity contribution is -0.138. The topological polar surface area (TPSA) is 78.9 Å². The van der Waals surface area contributed by atoms with Crippen molar-refractivity contribution in [2.75, 3.05) is 39.9 Å². The fraction of sp³-hybridized carbons (Fsp3) is 0.600. The van der Waals surface area contributed by atoms with Gasteiger partial charge in [0.25, 0.3) is 0 Å². The molecule has 0 radical (unpaired) electrons. The van der Waals surface area contributed by atoms with E-state index in [2.05, 4.69) is 11.2 Å². The number of ether oxygens (including phenoxy) is 1. The Bertz CT molecular complexity index is 272. The van der Waals surface area contributed by atoms with Gasteiger partial charge < -0.3 is 15.2 Å². The summed E-state index contributed by atoms with van der Waals surface area (Å²) in [4.78, 5) is 23.3. The molecule has 0 spiro atoms. The van der Waals surface area contributed by atoms with Crippen LogP contribution < -0.4 is 5.32 Å². The lowest BCUT2D eigenvalue weighted by Crippen LogP contribution is -2.41. The molecule has 16 heavy (non-hydrogen) atoms. The normalized spacial score (nSPS) is 9.81. The number of aliphatic carboxylic acids is 1.